The van der Waals surface area contributed by atoms with Crippen LogP contribution in [-0.4, -0.2) is 18.6 Å². The molecule has 1 aromatic heterocycles. The molecule has 3 heteroatoms. The Morgan fingerprint density at radius 2 is 2.17 bits per heavy atom. The lowest BCUT2D eigenvalue weighted by molar-refractivity contribution is 0.636. The first-order valence-corrected chi connectivity index (χ1v) is 6.32. The Morgan fingerprint density at radius 1 is 1.28 bits per heavy atom. The van der Waals surface area contributed by atoms with Crippen molar-refractivity contribution in [3.05, 3.63) is 53.7 Å². The molecule has 0 saturated carbocycles. The lowest BCUT2D eigenvalue weighted by Gasteiger charge is -2.30. The van der Waals surface area contributed by atoms with Gasteiger partial charge in [-0.25, -0.2) is 4.98 Å². The van der Waals surface area contributed by atoms with Crippen molar-refractivity contribution < 1.29 is 0 Å². The summed E-state index contributed by atoms with van der Waals surface area (Å²) >= 11 is 0. The van der Waals surface area contributed by atoms with Crippen LogP contribution in [0.4, 0.5) is 11.5 Å². The number of benzene rings is 1. The molecule has 0 bridgehead atoms. The molecule has 1 aliphatic carbocycles. The molecule has 3 nitrogen and oxygen atoms in total. The Bertz CT molecular complexity index is 551. The Kier molecular flexibility index (Phi) is 2.89. The van der Waals surface area contributed by atoms with E-state index in [1.54, 1.807) is 0 Å². The number of aromatic nitrogens is 1. The maximum Gasteiger partial charge on any atom is 0.127 e. The number of rotatable bonds is 4. The molecule has 0 amide bonds. The van der Waals surface area contributed by atoms with Crippen molar-refractivity contribution >= 4 is 11.5 Å². The van der Waals surface area contributed by atoms with Crippen LogP contribution in [0.1, 0.15) is 17.0 Å². The fraction of sp³-hybridized carbons (Fsp3) is 0.267. The van der Waals surface area contributed by atoms with Gasteiger partial charge in [-0.2, -0.15) is 0 Å². The molecule has 0 saturated heterocycles. The smallest absolute Gasteiger partial charge is 0.127 e. The van der Waals surface area contributed by atoms with E-state index in [0.717, 1.165) is 18.1 Å². The average Bonchev–Trinajstić information content (AvgIpc) is 2.40. The minimum absolute atomic E-state index is 0.646. The van der Waals surface area contributed by atoms with Crippen LogP contribution in [0.15, 0.2) is 42.6 Å². The van der Waals surface area contributed by atoms with Crippen LogP contribution in [0.5, 0.6) is 0 Å². The monoisotopic (exact) mass is 239 g/mol. The number of fused-ring (bicyclic) bond motifs is 1. The number of nitrogens with one attached hydrogen (secondary N) is 2. The second-order valence-corrected chi connectivity index (χ2v) is 4.66. The Morgan fingerprint density at radius 3 is 3.00 bits per heavy atom. The van der Waals surface area contributed by atoms with Gasteiger partial charge in [0, 0.05) is 37.5 Å². The third-order valence-corrected chi connectivity index (χ3v) is 3.53. The van der Waals surface area contributed by atoms with Gasteiger partial charge in [-0.1, -0.05) is 24.3 Å². The first-order valence-electron chi connectivity index (χ1n) is 6.32. The van der Waals surface area contributed by atoms with E-state index < -0.39 is 0 Å². The van der Waals surface area contributed by atoms with Gasteiger partial charge >= 0.3 is 0 Å². The maximum absolute atomic E-state index is 4.20. The topological polar surface area (TPSA) is 37.0 Å². The van der Waals surface area contributed by atoms with Gasteiger partial charge in [-0.15, -0.1) is 0 Å². The van der Waals surface area contributed by atoms with Gasteiger partial charge in [-0.3, -0.25) is 0 Å². The number of anilines is 2. The van der Waals surface area contributed by atoms with E-state index in [2.05, 4.69) is 39.9 Å². The molecule has 1 aliphatic rings. The van der Waals surface area contributed by atoms with Crippen LogP contribution < -0.4 is 10.6 Å². The first kappa shape index (κ1) is 11.1. The number of hydrogen-bond donors (Lipinski definition) is 2. The summed E-state index contributed by atoms with van der Waals surface area (Å²) in [5, 5.41) is 6.53. The molecule has 0 aliphatic heterocycles. The van der Waals surface area contributed by atoms with Crippen LogP contribution in [0, 0.1) is 0 Å². The molecule has 1 heterocycles. The van der Waals surface area contributed by atoms with Gasteiger partial charge in [0.05, 0.1) is 0 Å². The summed E-state index contributed by atoms with van der Waals surface area (Å²) in [6.45, 7) is 0.990. The molecule has 3 rings (SSSR count). The molecule has 18 heavy (non-hydrogen) atoms. The minimum atomic E-state index is 0.646. The Labute approximate surface area is 107 Å². The quantitative estimate of drug-likeness (QED) is 0.861. The molecule has 0 fully saturated rings. The van der Waals surface area contributed by atoms with Crippen LogP contribution in [0.3, 0.4) is 0 Å². The summed E-state index contributed by atoms with van der Waals surface area (Å²) in [6, 6.07) is 12.7. The molecule has 2 aromatic rings. The van der Waals surface area contributed by atoms with Crippen molar-refractivity contribution in [2.24, 2.45) is 0 Å². The van der Waals surface area contributed by atoms with Gasteiger partial charge < -0.3 is 10.6 Å². The fourth-order valence-electron chi connectivity index (χ4n) is 2.46. The van der Waals surface area contributed by atoms with Gasteiger partial charge in [0.1, 0.15) is 5.82 Å². The predicted octanol–water partition coefficient (Wildman–Crippen LogP) is 2.88. The third-order valence-electron chi connectivity index (χ3n) is 3.53. The van der Waals surface area contributed by atoms with E-state index >= 15 is 0 Å². The zero-order chi connectivity index (χ0) is 12.4. The van der Waals surface area contributed by atoms with E-state index in [1.165, 1.54) is 17.5 Å². The van der Waals surface area contributed by atoms with Gasteiger partial charge in [0.2, 0.25) is 0 Å². The molecule has 0 radical (unpaired) electrons. The molecule has 1 atom stereocenters. The summed E-state index contributed by atoms with van der Waals surface area (Å²) < 4.78 is 0. The van der Waals surface area contributed by atoms with E-state index in [-0.39, 0.29) is 0 Å². The Balaban J connectivity index is 1.63. The summed E-state index contributed by atoms with van der Waals surface area (Å²) in [5.41, 5.74) is 4.11. The van der Waals surface area contributed by atoms with E-state index in [9.17, 15) is 0 Å². The fourth-order valence-corrected chi connectivity index (χ4v) is 2.46. The Hall–Kier alpha value is -2.03. The van der Waals surface area contributed by atoms with Crippen molar-refractivity contribution in [1.82, 2.24) is 4.98 Å². The van der Waals surface area contributed by atoms with Gasteiger partial charge in [-0.05, 0) is 23.6 Å². The zero-order valence-electron chi connectivity index (χ0n) is 10.5. The molecule has 0 spiro atoms. The third kappa shape index (κ3) is 2.04. The number of nitrogens with zero attached hydrogens (tertiary/aromatic N) is 1. The van der Waals surface area contributed by atoms with Crippen LogP contribution in [0.2, 0.25) is 0 Å². The molecule has 1 aromatic carbocycles. The van der Waals surface area contributed by atoms with Gasteiger partial charge in [0.25, 0.3) is 0 Å². The lowest BCUT2D eigenvalue weighted by atomic mass is 9.77. The molecular formula is C15H17N3. The highest BCUT2D eigenvalue weighted by Crippen LogP contribution is 2.34. The van der Waals surface area contributed by atoms with Crippen molar-refractivity contribution in [1.29, 1.82) is 0 Å². The maximum atomic E-state index is 4.20. The highest BCUT2D eigenvalue weighted by molar-refractivity contribution is 5.52. The normalized spacial score (nSPS) is 16.6. The summed E-state index contributed by atoms with van der Waals surface area (Å²) in [5.74, 6) is 1.54. The largest absolute Gasteiger partial charge is 0.384 e. The predicted molar refractivity (Wildman–Crippen MR) is 75.2 cm³/mol. The van der Waals surface area contributed by atoms with Crippen molar-refractivity contribution in [3.63, 3.8) is 0 Å². The zero-order valence-corrected chi connectivity index (χ0v) is 10.5. The van der Waals surface area contributed by atoms with E-state index in [0.29, 0.717) is 5.92 Å². The second-order valence-electron chi connectivity index (χ2n) is 4.66. The molecule has 92 valence electrons. The summed E-state index contributed by atoms with van der Waals surface area (Å²) in [7, 11) is 1.88. The molecule has 1 unspecified atom stereocenters. The van der Waals surface area contributed by atoms with Crippen LogP contribution >= 0.6 is 0 Å². The summed E-state index contributed by atoms with van der Waals surface area (Å²) in [4.78, 5) is 4.20. The van der Waals surface area contributed by atoms with E-state index in [1.807, 2.05) is 25.4 Å². The SMILES string of the molecule is CNc1cc(NCC2Cc3ccccc32)ccn1. The molecular weight excluding hydrogens is 222 g/mol. The van der Waals surface area contributed by atoms with Crippen molar-refractivity contribution in [2.75, 3.05) is 24.2 Å². The van der Waals surface area contributed by atoms with Crippen LogP contribution in [0.25, 0.3) is 0 Å². The molecule has 2 N–H and O–H groups in total. The average molecular weight is 239 g/mol. The van der Waals surface area contributed by atoms with Crippen molar-refractivity contribution in [3.8, 4) is 0 Å². The highest BCUT2D eigenvalue weighted by atomic mass is 15.0. The van der Waals surface area contributed by atoms with Crippen LogP contribution in [-0.2, 0) is 6.42 Å². The van der Waals surface area contributed by atoms with Gasteiger partial charge in [0.15, 0.2) is 0 Å². The lowest BCUT2D eigenvalue weighted by Crippen LogP contribution is -2.24. The number of pyridine rings is 1. The first-order chi connectivity index (χ1) is 8.86. The number of hydrogen-bond acceptors (Lipinski definition) is 3. The standard InChI is InChI=1S/C15H17N3/c1-16-15-9-13(6-7-17-15)18-10-12-8-11-4-2-3-5-14(11)12/h2-7,9,12H,8,10H2,1H3,(H2,16,17,18). The van der Waals surface area contributed by atoms with Crippen molar-refractivity contribution in [2.45, 2.75) is 12.3 Å². The minimum Gasteiger partial charge on any atom is -0.384 e. The second kappa shape index (κ2) is 4.69. The van der Waals surface area contributed by atoms with E-state index in [4.69, 9.17) is 0 Å². The summed E-state index contributed by atoms with van der Waals surface area (Å²) in [6.07, 6.45) is 3.01. The highest BCUT2D eigenvalue weighted by Gasteiger charge is 2.24.